The fourth-order valence-electron chi connectivity index (χ4n) is 6.75. The average Bonchev–Trinajstić information content (AvgIpc) is 3.22. The van der Waals surface area contributed by atoms with Gasteiger partial charge in [0, 0.05) is 43.9 Å². The summed E-state index contributed by atoms with van der Waals surface area (Å²) in [7, 11) is 0. The van der Waals surface area contributed by atoms with Crippen LogP contribution in [0.1, 0.15) is 100 Å². The van der Waals surface area contributed by atoms with Crippen LogP contribution in [0.3, 0.4) is 0 Å². The molecule has 0 aromatic carbocycles. The highest BCUT2D eigenvalue weighted by atomic mass is 16.2. The van der Waals surface area contributed by atoms with Crippen molar-refractivity contribution in [3.63, 3.8) is 0 Å². The predicted octanol–water partition coefficient (Wildman–Crippen LogP) is 5.53. The van der Waals surface area contributed by atoms with Crippen molar-refractivity contribution in [3.05, 3.63) is 58.0 Å². The molecule has 3 rings (SSSR count). The van der Waals surface area contributed by atoms with E-state index >= 15 is 0 Å². The summed E-state index contributed by atoms with van der Waals surface area (Å²) in [5.41, 5.74) is 5.71. The van der Waals surface area contributed by atoms with Gasteiger partial charge >= 0.3 is 0 Å². The lowest BCUT2D eigenvalue weighted by Gasteiger charge is -2.37. The largest absolute Gasteiger partial charge is 0.339 e. The Kier molecular flexibility index (Phi) is 13.4. The van der Waals surface area contributed by atoms with Gasteiger partial charge in [-0.25, -0.2) is 0 Å². The van der Waals surface area contributed by atoms with Crippen LogP contribution in [0, 0.1) is 5.41 Å². The maximum absolute atomic E-state index is 13.8. The number of hydrogen-bond donors (Lipinski definition) is 2. The van der Waals surface area contributed by atoms with Gasteiger partial charge in [0.15, 0.2) is 13.1 Å². The number of piperazine rings is 1. The molecular weight excluding hydrogens is 590 g/mol. The van der Waals surface area contributed by atoms with E-state index in [9.17, 15) is 19.2 Å². The molecule has 0 bridgehead atoms. The summed E-state index contributed by atoms with van der Waals surface area (Å²) in [6.45, 7) is 24.1. The first kappa shape index (κ1) is 38.0. The molecule has 9 heteroatoms. The van der Waals surface area contributed by atoms with Crippen LogP contribution in [-0.2, 0) is 19.2 Å². The normalized spacial score (nSPS) is 19.5. The number of amides is 4. The standard InChI is InChI=1S/C38H59N5O4/c1-10-27(3)30(6)35(28(4)11-2)39-32(44)25-43(22-14-12-13-15-23-43)26-33(45)40-36-29(5)16-17-31(36)37(47)42-20-18-41(19-21-42)34(46)24-38(7,8)9/h11,16H,3,10,12-15,17-26H2,1-2,4-9H3,(H-,39,40,44,45,47)/p+1/b28-11-,35-30-. The Balaban J connectivity index is 1.74. The van der Waals surface area contributed by atoms with Crippen LogP contribution >= 0.6 is 0 Å². The molecule has 0 aromatic rings. The van der Waals surface area contributed by atoms with Crippen LogP contribution < -0.4 is 10.6 Å². The minimum atomic E-state index is -0.178. The van der Waals surface area contributed by atoms with Gasteiger partial charge in [-0.3, -0.25) is 19.2 Å². The fourth-order valence-corrected chi connectivity index (χ4v) is 6.75. The molecular formula is C38H60N5O4+. The Hall–Kier alpha value is -3.46. The SMILES string of the molecule is C=C(CC)/C(C)=C(NC(=O)C[N+]1(CC(=O)NC2=C(C(=O)N3CCN(C(=O)CC(C)(C)C)CC3)CC=C2C)CCCCCC1)/C(C)=C\C. The summed E-state index contributed by atoms with van der Waals surface area (Å²) in [5, 5.41) is 6.29. The van der Waals surface area contributed by atoms with E-state index in [-0.39, 0.29) is 42.1 Å². The first-order chi connectivity index (χ1) is 22.1. The van der Waals surface area contributed by atoms with Crippen molar-refractivity contribution in [1.82, 2.24) is 20.4 Å². The summed E-state index contributed by atoms with van der Waals surface area (Å²) in [4.78, 5) is 57.5. The third kappa shape index (κ3) is 10.5. The zero-order chi connectivity index (χ0) is 34.9. The summed E-state index contributed by atoms with van der Waals surface area (Å²) in [5.74, 6) is -0.244. The second-order valence-electron chi connectivity index (χ2n) is 14.9. The van der Waals surface area contributed by atoms with Crippen molar-refractivity contribution in [2.75, 3.05) is 52.4 Å². The first-order valence-corrected chi connectivity index (χ1v) is 17.5. The number of carbonyl (C=O) groups is 4. The van der Waals surface area contributed by atoms with E-state index < -0.39 is 0 Å². The lowest BCUT2D eigenvalue weighted by Crippen LogP contribution is -2.58. The van der Waals surface area contributed by atoms with Gasteiger partial charge in [-0.15, -0.1) is 0 Å². The Morgan fingerprint density at radius 3 is 2.06 bits per heavy atom. The summed E-state index contributed by atoms with van der Waals surface area (Å²) < 4.78 is 0.386. The molecule has 4 amide bonds. The van der Waals surface area contributed by atoms with E-state index in [1.807, 2.05) is 44.7 Å². The van der Waals surface area contributed by atoms with E-state index in [0.717, 1.165) is 73.2 Å². The average molecular weight is 651 g/mol. The second kappa shape index (κ2) is 16.6. The number of carbonyl (C=O) groups excluding carboxylic acids is 4. The number of rotatable bonds is 11. The molecule has 0 spiro atoms. The van der Waals surface area contributed by atoms with Crippen molar-refractivity contribution in [3.8, 4) is 0 Å². The van der Waals surface area contributed by atoms with Gasteiger partial charge in [-0.05, 0) is 88.4 Å². The molecule has 47 heavy (non-hydrogen) atoms. The van der Waals surface area contributed by atoms with Crippen LogP contribution in [0.25, 0.3) is 0 Å². The number of quaternary nitrogens is 1. The zero-order valence-electron chi connectivity index (χ0n) is 30.4. The monoisotopic (exact) mass is 650 g/mol. The molecule has 0 atom stereocenters. The van der Waals surface area contributed by atoms with Crippen LogP contribution in [-0.4, -0.2) is 90.3 Å². The number of hydrogen-bond acceptors (Lipinski definition) is 4. The van der Waals surface area contributed by atoms with Gasteiger partial charge in [0.1, 0.15) is 0 Å². The molecule has 0 saturated carbocycles. The van der Waals surface area contributed by atoms with E-state index in [4.69, 9.17) is 0 Å². The molecule has 2 N–H and O–H groups in total. The molecule has 2 heterocycles. The van der Waals surface area contributed by atoms with Gasteiger partial charge in [-0.1, -0.05) is 52.0 Å². The van der Waals surface area contributed by atoms with Gasteiger partial charge < -0.3 is 24.9 Å². The molecule has 260 valence electrons. The minimum absolute atomic E-state index is 0.0818. The van der Waals surface area contributed by atoms with Crippen LogP contribution in [0.4, 0.5) is 0 Å². The highest BCUT2D eigenvalue weighted by molar-refractivity contribution is 5.97. The zero-order valence-corrected chi connectivity index (χ0v) is 30.4. The summed E-state index contributed by atoms with van der Waals surface area (Å²) in [6, 6.07) is 0. The lowest BCUT2D eigenvalue weighted by molar-refractivity contribution is -0.912. The fraction of sp³-hybridized carbons (Fsp3) is 0.632. The highest BCUT2D eigenvalue weighted by Gasteiger charge is 2.36. The van der Waals surface area contributed by atoms with E-state index in [2.05, 4.69) is 44.9 Å². The molecule has 3 aliphatic rings. The summed E-state index contributed by atoms with van der Waals surface area (Å²) >= 11 is 0. The van der Waals surface area contributed by atoms with Crippen molar-refractivity contribution in [1.29, 1.82) is 0 Å². The Labute approximate surface area is 283 Å². The Morgan fingerprint density at radius 1 is 0.936 bits per heavy atom. The molecule has 2 fully saturated rings. The quantitative estimate of drug-likeness (QED) is 0.227. The summed E-state index contributed by atoms with van der Waals surface area (Å²) in [6.07, 6.45) is 9.80. The van der Waals surface area contributed by atoms with E-state index in [1.165, 1.54) is 0 Å². The highest BCUT2D eigenvalue weighted by Crippen LogP contribution is 2.28. The minimum Gasteiger partial charge on any atom is -0.339 e. The van der Waals surface area contributed by atoms with Crippen LogP contribution in [0.2, 0.25) is 0 Å². The molecule has 0 aromatic heterocycles. The van der Waals surface area contributed by atoms with Crippen molar-refractivity contribution in [2.45, 2.75) is 100 Å². The number of likely N-dealkylation sites (tertiary alicyclic amines) is 1. The van der Waals surface area contributed by atoms with Gasteiger partial charge in [0.05, 0.1) is 18.8 Å². The maximum Gasteiger partial charge on any atom is 0.279 e. The van der Waals surface area contributed by atoms with E-state index in [1.54, 1.807) is 4.90 Å². The molecule has 0 unspecified atom stereocenters. The van der Waals surface area contributed by atoms with Crippen LogP contribution in [0.15, 0.2) is 58.0 Å². The third-order valence-corrected chi connectivity index (χ3v) is 9.83. The first-order valence-electron chi connectivity index (χ1n) is 17.5. The van der Waals surface area contributed by atoms with Gasteiger partial charge in [0.2, 0.25) is 5.91 Å². The van der Waals surface area contributed by atoms with Crippen molar-refractivity contribution < 1.29 is 23.7 Å². The Morgan fingerprint density at radius 2 is 1.51 bits per heavy atom. The third-order valence-electron chi connectivity index (χ3n) is 9.83. The topological polar surface area (TPSA) is 98.8 Å². The van der Waals surface area contributed by atoms with E-state index in [0.29, 0.717) is 54.8 Å². The number of nitrogens with zero attached hydrogens (tertiary/aromatic N) is 3. The van der Waals surface area contributed by atoms with Gasteiger partial charge in [-0.2, -0.15) is 0 Å². The van der Waals surface area contributed by atoms with Crippen LogP contribution in [0.5, 0.6) is 0 Å². The second-order valence-corrected chi connectivity index (χ2v) is 14.9. The van der Waals surface area contributed by atoms with Crippen molar-refractivity contribution >= 4 is 23.6 Å². The predicted molar refractivity (Wildman–Crippen MR) is 189 cm³/mol. The smallest absolute Gasteiger partial charge is 0.279 e. The lowest BCUT2D eigenvalue weighted by atomic mass is 9.91. The molecule has 9 nitrogen and oxygen atoms in total. The van der Waals surface area contributed by atoms with Crippen molar-refractivity contribution in [2.24, 2.45) is 5.41 Å². The maximum atomic E-state index is 13.8. The molecule has 1 aliphatic carbocycles. The molecule has 2 aliphatic heterocycles. The molecule has 0 radical (unpaired) electrons. The van der Waals surface area contributed by atoms with Gasteiger partial charge in [0.25, 0.3) is 17.7 Å². The number of allylic oxidation sites excluding steroid dienone is 6. The molecule has 2 saturated heterocycles. The number of nitrogens with one attached hydrogen (secondary N) is 2. The Bertz CT molecular complexity index is 1340.